The van der Waals surface area contributed by atoms with Gasteiger partial charge in [0.05, 0.1) is 26.1 Å². The molecule has 6 N–H and O–H groups in total. The lowest BCUT2D eigenvalue weighted by molar-refractivity contribution is -0.123. The topological polar surface area (TPSA) is 131 Å². The minimum Gasteiger partial charge on any atom is -0.501 e. The van der Waals surface area contributed by atoms with Crippen LogP contribution in [0.2, 0.25) is 0 Å². The molecule has 4 unspecified atom stereocenters. The lowest BCUT2D eigenvalue weighted by Crippen LogP contribution is -2.46. The molecular weight excluding hydrogens is 304 g/mol. The molecule has 0 amide bonds. The van der Waals surface area contributed by atoms with Crippen molar-refractivity contribution in [1.29, 1.82) is 0 Å². The number of hydrogen-bond donors (Lipinski definition) is 6. The van der Waals surface area contributed by atoms with Crippen LogP contribution >= 0.6 is 0 Å². The molecule has 0 heterocycles. The fourth-order valence-electron chi connectivity index (χ4n) is 1.57. The number of hydrogen-bond acceptors (Lipinski definition) is 7. The predicted octanol–water partition coefficient (Wildman–Crippen LogP) is -1.20. The van der Waals surface area contributed by atoms with Crippen molar-refractivity contribution in [3.8, 4) is 0 Å². The maximum absolute atomic E-state index is 8.96. The molecule has 0 aliphatic rings. The Kier molecular flexibility index (Phi) is 11.2. The smallest absolute Gasteiger partial charge is 0.111 e. The maximum atomic E-state index is 8.96. The van der Waals surface area contributed by atoms with Crippen LogP contribution in [0.5, 0.6) is 0 Å². The van der Waals surface area contributed by atoms with Gasteiger partial charge in [-0.25, -0.2) is 0 Å². The lowest BCUT2D eigenvalue weighted by Gasteiger charge is -2.24. The van der Waals surface area contributed by atoms with E-state index in [4.69, 9.17) is 35.4 Å². The monoisotopic (exact) mass is 330 g/mol. The maximum Gasteiger partial charge on any atom is 0.111 e. The average molecular weight is 330 g/mol. The average Bonchev–Trinajstić information content (AvgIpc) is 2.60. The summed E-state index contributed by atoms with van der Waals surface area (Å²) in [5, 5.41) is 52.2. The SMILES string of the molecule is C=C(Cc1ccccc1)OC.OCC(O)C(O)C(O)C(O)CO. The molecule has 1 aromatic carbocycles. The number of rotatable bonds is 8. The fourth-order valence-corrected chi connectivity index (χ4v) is 1.57. The second kappa shape index (κ2) is 12.0. The van der Waals surface area contributed by atoms with E-state index in [1.54, 1.807) is 7.11 Å². The Bertz CT molecular complexity index is 410. The van der Waals surface area contributed by atoms with E-state index >= 15 is 0 Å². The molecule has 0 spiro atoms. The quantitative estimate of drug-likeness (QED) is 0.330. The van der Waals surface area contributed by atoms with Crippen molar-refractivity contribution in [2.75, 3.05) is 20.3 Å². The summed E-state index contributed by atoms with van der Waals surface area (Å²) in [7, 11) is 1.64. The molecule has 132 valence electrons. The predicted molar refractivity (Wildman–Crippen MR) is 84.5 cm³/mol. The van der Waals surface area contributed by atoms with Gasteiger partial charge >= 0.3 is 0 Å². The van der Waals surface area contributed by atoms with E-state index < -0.39 is 37.6 Å². The molecule has 1 rings (SSSR count). The van der Waals surface area contributed by atoms with Gasteiger partial charge in [-0.3, -0.25) is 0 Å². The van der Waals surface area contributed by atoms with Crippen LogP contribution in [-0.2, 0) is 11.2 Å². The molecule has 0 radical (unpaired) electrons. The van der Waals surface area contributed by atoms with Crippen LogP contribution in [0.3, 0.4) is 0 Å². The molecule has 7 heteroatoms. The van der Waals surface area contributed by atoms with Gasteiger partial charge in [-0.05, 0) is 5.56 Å². The minimum absolute atomic E-state index is 0.726. The van der Waals surface area contributed by atoms with Gasteiger partial charge < -0.3 is 35.4 Å². The van der Waals surface area contributed by atoms with E-state index in [0.717, 1.165) is 12.2 Å². The number of benzene rings is 1. The van der Waals surface area contributed by atoms with Gasteiger partial charge in [0.15, 0.2) is 0 Å². The molecule has 0 aromatic heterocycles. The highest BCUT2D eigenvalue weighted by molar-refractivity contribution is 5.18. The summed E-state index contributed by atoms with van der Waals surface area (Å²) in [4.78, 5) is 0. The summed E-state index contributed by atoms with van der Waals surface area (Å²) in [6.45, 7) is 2.29. The molecular formula is C16H26O7. The second-order valence-electron chi connectivity index (χ2n) is 4.89. The molecule has 0 bridgehead atoms. The highest BCUT2D eigenvalue weighted by atomic mass is 16.5. The first-order chi connectivity index (χ1) is 10.9. The highest BCUT2D eigenvalue weighted by Gasteiger charge is 2.29. The number of ether oxygens (including phenoxy) is 1. The van der Waals surface area contributed by atoms with Gasteiger partial charge in [0.25, 0.3) is 0 Å². The van der Waals surface area contributed by atoms with Gasteiger partial charge in [-0.1, -0.05) is 36.9 Å². The summed E-state index contributed by atoms with van der Waals surface area (Å²) in [5.41, 5.74) is 1.24. The number of allylic oxidation sites excluding steroid dienone is 1. The van der Waals surface area contributed by atoms with Crippen LogP contribution in [0.25, 0.3) is 0 Å². The summed E-state index contributed by atoms with van der Waals surface area (Å²) >= 11 is 0. The van der Waals surface area contributed by atoms with E-state index in [2.05, 4.69) is 18.7 Å². The van der Waals surface area contributed by atoms with Crippen LogP contribution in [0, 0.1) is 0 Å². The van der Waals surface area contributed by atoms with Crippen molar-refractivity contribution in [2.24, 2.45) is 0 Å². The summed E-state index contributed by atoms with van der Waals surface area (Å²) in [5.74, 6) is 0.802. The first kappa shape index (κ1) is 21.5. The summed E-state index contributed by atoms with van der Waals surface area (Å²) < 4.78 is 4.96. The van der Waals surface area contributed by atoms with E-state index in [1.165, 1.54) is 5.56 Å². The van der Waals surface area contributed by atoms with Crippen LogP contribution in [0.4, 0.5) is 0 Å². The van der Waals surface area contributed by atoms with Crippen LogP contribution in [0.1, 0.15) is 5.56 Å². The van der Waals surface area contributed by atoms with Gasteiger partial charge in [0.2, 0.25) is 0 Å². The molecule has 4 atom stereocenters. The summed E-state index contributed by atoms with van der Waals surface area (Å²) in [6.07, 6.45) is -5.59. The van der Waals surface area contributed by atoms with Crippen LogP contribution in [0.15, 0.2) is 42.7 Å². The van der Waals surface area contributed by atoms with Gasteiger partial charge in [-0.2, -0.15) is 0 Å². The Morgan fingerprint density at radius 1 is 0.957 bits per heavy atom. The normalized spacial score (nSPS) is 15.6. The Balaban J connectivity index is 0.000000422. The van der Waals surface area contributed by atoms with Crippen molar-refractivity contribution in [3.05, 3.63) is 48.2 Å². The highest BCUT2D eigenvalue weighted by Crippen LogP contribution is 2.05. The number of methoxy groups -OCH3 is 1. The van der Waals surface area contributed by atoms with Crippen molar-refractivity contribution >= 4 is 0 Å². The molecule has 0 aliphatic heterocycles. The van der Waals surface area contributed by atoms with Crippen molar-refractivity contribution in [2.45, 2.75) is 30.8 Å². The lowest BCUT2D eigenvalue weighted by atomic mass is 10.0. The van der Waals surface area contributed by atoms with Crippen molar-refractivity contribution in [3.63, 3.8) is 0 Å². The zero-order chi connectivity index (χ0) is 17.8. The fraction of sp³-hybridized carbons (Fsp3) is 0.500. The Hall–Kier alpha value is -1.48. The second-order valence-corrected chi connectivity index (χ2v) is 4.89. The molecule has 0 aliphatic carbocycles. The molecule has 0 saturated heterocycles. The molecule has 23 heavy (non-hydrogen) atoms. The van der Waals surface area contributed by atoms with E-state index in [1.807, 2.05) is 18.2 Å². The Labute approximate surface area is 135 Å². The van der Waals surface area contributed by atoms with E-state index in [-0.39, 0.29) is 0 Å². The van der Waals surface area contributed by atoms with Crippen LogP contribution in [-0.4, -0.2) is 75.4 Å². The Morgan fingerprint density at radius 2 is 1.39 bits per heavy atom. The van der Waals surface area contributed by atoms with Crippen LogP contribution < -0.4 is 0 Å². The van der Waals surface area contributed by atoms with E-state index in [9.17, 15) is 0 Å². The number of aliphatic hydroxyl groups excluding tert-OH is 6. The third-order valence-electron chi connectivity index (χ3n) is 3.05. The van der Waals surface area contributed by atoms with Gasteiger partial charge in [0, 0.05) is 6.42 Å². The van der Waals surface area contributed by atoms with Gasteiger partial charge in [0.1, 0.15) is 24.4 Å². The third kappa shape index (κ3) is 8.65. The first-order valence-electron chi connectivity index (χ1n) is 7.07. The van der Waals surface area contributed by atoms with Gasteiger partial charge in [-0.15, -0.1) is 0 Å². The minimum atomic E-state index is -1.67. The molecule has 1 aromatic rings. The molecule has 7 nitrogen and oxygen atoms in total. The molecule has 0 saturated carbocycles. The zero-order valence-corrected chi connectivity index (χ0v) is 13.1. The summed E-state index contributed by atoms with van der Waals surface area (Å²) in [6, 6.07) is 10.1. The molecule has 0 fully saturated rings. The standard InChI is InChI=1S/C10H12O.C6H14O6/c1-9(11-2)8-10-6-4-3-5-7-10;7-1-3(9)5(11)6(12)4(10)2-8/h3-7H,1,8H2,2H3;3-12H,1-2H2. The zero-order valence-electron chi connectivity index (χ0n) is 13.1. The first-order valence-corrected chi connectivity index (χ1v) is 7.07. The van der Waals surface area contributed by atoms with Crippen molar-refractivity contribution < 1.29 is 35.4 Å². The van der Waals surface area contributed by atoms with E-state index in [0.29, 0.717) is 0 Å². The number of aliphatic hydroxyl groups is 6. The van der Waals surface area contributed by atoms with Crippen molar-refractivity contribution in [1.82, 2.24) is 0 Å². The third-order valence-corrected chi connectivity index (χ3v) is 3.05. The largest absolute Gasteiger partial charge is 0.501 e. The Morgan fingerprint density at radius 3 is 1.74 bits per heavy atom.